The summed E-state index contributed by atoms with van der Waals surface area (Å²) < 4.78 is 114. The van der Waals surface area contributed by atoms with Crippen LogP contribution in [0.3, 0.4) is 0 Å². The number of halogens is 12. The molecule has 2 unspecified atom stereocenters. The zero-order chi connectivity index (χ0) is 62.2. The monoisotopic (exact) mass is 1320 g/mol. The predicted octanol–water partition coefficient (Wildman–Crippen LogP) is 23.8. The van der Waals surface area contributed by atoms with E-state index in [0.29, 0.717) is 18.8 Å². The van der Waals surface area contributed by atoms with Crippen molar-refractivity contribution in [3.8, 4) is 0 Å². The SMILES string of the molecule is C1CCC([PH+](C2CCCCC2)C2CCCCC2)CC1.C=C(F)F.C=COCC(CC)CCCC.CCCCC(CC)COC=C(F)F.Cc1cc(C)c(N2[CH-]N(c3c(C)cc(C)cc3C)CC2)c(C)c1.FC(F)=C(F)F.F[C](F)=[Ru]([Cl])[Cl]. The Labute approximate surface area is 503 Å². The number of hydrogen-bond donors (Lipinski definition) is 0. The summed E-state index contributed by atoms with van der Waals surface area (Å²) in [7, 11) is 9.42. The summed E-state index contributed by atoms with van der Waals surface area (Å²) in [6, 6.07) is 9.12. The number of rotatable bonds is 19. The Morgan fingerprint density at radius 1 is 0.585 bits per heavy atom. The third-order valence-electron chi connectivity index (χ3n) is 15.2. The number of anilines is 2. The van der Waals surface area contributed by atoms with Crippen LogP contribution in [-0.4, -0.2) is 47.9 Å². The van der Waals surface area contributed by atoms with Gasteiger partial charge in [0.2, 0.25) is 0 Å². The molecule has 4 fully saturated rings. The first-order valence-electron chi connectivity index (χ1n) is 29.7. The van der Waals surface area contributed by atoms with E-state index in [0.717, 1.165) is 51.3 Å². The van der Waals surface area contributed by atoms with E-state index in [9.17, 15) is 43.9 Å². The number of aryl methyl sites for hydroxylation is 6. The molecule has 0 N–H and O–H groups in total. The van der Waals surface area contributed by atoms with E-state index in [1.165, 1.54) is 93.7 Å². The summed E-state index contributed by atoms with van der Waals surface area (Å²) in [5, 5.41) is 0. The van der Waals surface area contributed by atoms with Gasteiger partial charge in [0.15, 0.2) is 0 Å². The molecule has 3 aliphatic carbocycles. The van der Waals surface area contributed by atoms with Gasteiger partial charge in [-0.2, -0.15) is 41.8 Å². The number of benzene rings is 2. The Morgan fingerprint density at radius 2 is 0.890 bits per heavy atom. The van der Waals surface area contributed by atoms with Gasteiger partial charge >= 0.3 is 64.5 Å². The fourth-order valence-electron chi connectivity index (χ4n) is 11.6. The van der Waals surface area contributed by atoms with Crippen molar-refractivity contribution >= 4 is 43.3 Å². The quantitative estimate of drug-likeness (QED) is 0.0460. The molecule has 0 bridgehead atoms. The number of hydrogen-bond acceptors (Lipinski definition) is 4. The van der Waals surface area contributed by atoms with E-state index in [4.69, 9.17) is 28.9 Å². The van der Waals surface area contributed by atoms with Crippen molar-refractivity contribution in [2.75, 3.05) is 36.1 Å². The average molecular weight is 1320 g/mol. The number of nitrogens with zero attached hydrogens (tertiary/aromatic N) is 2. The van der Waals surface area contributed by atoms with E-state index in [1.54, 1.807) is 96.3 Å². The molecule has 2 aromatic rings. The van der Waals surface area contributed by atoms with Gasteiger partial charge in [-0.15, -0.1) is 0 Å². The molecular weight excluding hydrogens is 1220 g/mol. The molecule has 3 saturated carbocycles. The molecule has 82 heavy (non-hydrogen) atoms. The fourth-order valence-corrected chi connectivity index (χ4v) is 16.9. The molecule has 6 rings (SSSR count). The molecule has 0 amide bonds. The van der Waals surface area contributed by atoms with Gasteiger partial charge in [0.1, 0.15) is 6.26 Å². The van der Waals surface area contributed by atoms with Gasteiger partial charge in [-0.05, 0) is 172 Å². The fraction of sp³-hybridized carbons (Fsp3) is 0.656. The van der Waals surface area contributed by atoms with Crippen LogP contribution in [0, 0.1) is 60.0 Å². The van der Waals surface area contributed by atoms with E-state index in [-0.39, 0.29) is 7.92 Å². The van der Waals surface area contributed by atoms with Gasteiger partial charge in [-0.25, -0.2) is 0 Å². The molecule has 1 aliphatic heterocycles. The van der Waals surface area contributed by atoms with Crippen LogP contribution in [0.5, 0.6) is 0 Å². The first kappa shape index (κ1) is 79.4. The third-order valence-corrected chi connectivity index (χ3v) is 21.5. The second kappa shape index (κ2) is 47.5. The number of unbranched alkanes of at least 4 members (excludes halogenated alkanes) is 2. The summed E-state index contributed by atoms with van der Waals surface area (Å²) in [6.45, 7) is 33.2. The predicted molar refractivity (Wildman–Crippen MR) is 330 cm³/mol. The Morgan fingerprint density at radius 3 is 1.13 bits per heavy atom. The molecule has 0 spiro atoms. The first-order valence-corrected chi connectivity index (χ1v) is 36.8. The van der Waals surface area contributed by atoms with Gasteiger partial charge in [-0.3, -0.25) is 0 Å². The van der Waals surface area contributed by atoms with Crippen LogP contribution in [0.2, 0.25) is 0 Å². The molecule has 4 nitrogen and oxygen atoms in total. The van der Waals surface area contributed by atoms with Gasteiger partial charge < -0.3 is 19.3 Å². The molecule has 1 heterocycles. The van der Waals surface area contributed by atoms with Crippen molar-refractivity contribution in [1.82, 2.24) is 0 Å². The zero-order valence-electron chi connectivity index (χ0n) is 51.0. The van der Waals surface area contributed by atoms with Gasteiger partial charge in [0, 0.05) is 32.4 Å². The van der Waals surface area contributed by atoms with Crippen LogP contribution in [0.25, 0.3) is 0 Å². The summed E-state index contributed by atoms with van der Waals surface area (Å²) in [5.41, 5.74) is 14.5. The van der Waals surface area contributed by atoms with Crippen LogP contribution < -0.4 is 9.80 Å². The molecule has 18 heteroatoms. The van der Waals surface area contributed by atoms with E-state index >= 15 is 0 Å². The maximum atomic E-state index is 11.6. The Bertz CT molecular complexity index is 1940. The summed E-state index contributed by atoms with van der Waals surface area (Å²) in [5.74, 6) is 1.14. The van der Waals surface area contributed by atoms with Crippen LogP contribution in [0.15, 0.2) is 74.3 Å². The van der Waals surface area contributed by atoms with Gasteiger partial charge in [0.05, 0.1) is 36.5 Å². The molecule has 2 aromatic carbocycles. The molecule has 4 aliphatic rings. The van der Waals surface area contributed by atoms with E-state index in [1.807, 2.05) is 0 Å². The van der Waals surface area contributed by atoms with Gasteiger partial charge in [-0.1, -0.05) is 127 Å². The second-order valence-electron chi connectivity index (χ2n) is 21.8. The number of ether oxygens (including phenoxy) is 2. The van der Waals surface area contributed by atoms with Crippen molar-refractivity contribution in [3.05, 3.63) is 114 Å². The average Bonchev–Trinajstić information content (AvgIpc) is 3.90. The maximum absolute atomic E-state index is 11.6. The Balaban J connectivity index is 0.00000101. The van der Waals surface area contributed by atoms with Crippen molar-refractivity contribution in [3.63, 3.8) is 0 Å². The summed E-state index contributed by atoms with van der Waals surface area (Å²) in [6.07, 6.45) is 25.9. The molecule has 476 valence electrons. The minimum atomic E-state index is -2.91. The molecular formula is C64H101Cl2F10N2O2PRu. The first-order chi connectivity index (χ1) is 38.9. The van der Waals surface area contributed by atoms with Crippen molar-refractivity contribution < 1.29 is 66.9 Å². The third kappa shape index (κ3) is 35.8. The van der Waals surface area contributed by atoms with Crippen LogP contribution >= 0.6 is 27.3 Å². The van der Waals surface area contributed by atoms with E-state index in [2.05, 4.69) is 123 Å². The van der Waals surface area contributed by atoms with Crippen molar-refractivity contribution in [2.45, 2.75) is 234 Å². The van der Waals surface area contributed by atoms with Crippen LogP contribution in [0.4, 0.5) is 55.3 Å². The van der Waals surface area contributed by atoms with E-state index < -0.39 is 42.5 Å². The zero-order valence-corrected chi connectivity index (χ0v) is 55.3. The molecule has 0 radical (unpaired) electrons. The second-order valence-corrected chi connectivity index (χ2v) is 30.8. The topological polar surface area (TPSA) is 24.9 Å². The van der Waals surface area contributed by atoms with Gasteiger partial charge in [0.25, 0.3) is 6.08 Å². The van der Waals surface area contributed by atoms with Crippen molar-refractivity contribution in [2.24, 2.45) is 11.8 Å². The minimum absolute atomic E-state index is 0.0465. The van der Waals surface area contributed by atoms with Crippen molar-refractivity contribution in [1.29, 1.82) is 0 Å². The Kier molecular flexibility index (Phi) is 46.0. The Hall–Kier alpha value is -2.60. The standard InChI is InChI=1S/C21H27N2.C18H33P.C10H18F2O.C10H20O.C2F4.C2H2F2.CF2.2ClH.Ru/c1-14-9-16(3)20(17(4)10-14)22-7-8-23(13-22)21-18(5)11-15(2)12-19(21)6;1-4-10-16(11-5-1)19(17-12-6-2-7-13-17)18-14-8-3-9-15-18;1-3-5-6-9(4-2)7-13-8-10(11)12;1-4-7-8-10(5-2)9-11-6-3;3-1(4)2(5)6;1-2(3)4;2-1-3;;;/h9-13H,7-8H2,1-6H3;16-18H,1-15H2;8-9H,3-7H2,1-2H3;6,10H,3-5,7-9H2,1-2H3;;1H2;;2*1H;/q-1;;;;;;;;;+2/p-1. The normalized spacial score (nSPS) is 16.2. The summed E-state index contributed by atoms with van der Waals surface area (Å²) >= 11 is -2.75. The molecule has 2 atom stereocenters. The molecule has 0 aromatic heterocycles. The van der Waals surface area contributed by atoms with Crippen LogP contribution in [0.1, 0.15) is 209 Å². The molecule has 1 saturated heterocycles. The summed E-state index contributed by atoms with van der Waals surface area (Å²) in [4.78, 5) is 4.81. The van der Waals surface area contributed by atoms with Crippen LogP contribution in [-0.2, 0) is 23.0 Å².